The lowest BCUT2D eigenvalue weighted by Crippen LogP contribution is -2.00. The second-order valence-electron chi connectivity index (χ2n) is 4.13. The maximum absolute atomic E-state index is 5.94. The molecular weight excluding hydrogens is 246 g/mol. The number of hydrogen-bond acceptors (Lipinski definition) is 2. The van der Waals surface area contributed by atoms with Crippen molar-refractivity contribution in [3.8, 4) is 5.75 Å². The standard InChI is InChI=1S/C15H16ClNO/c1-2-11-4-3-5-14(8-11)18-10-12-9-13(16)6-7-15(12)17/h3-9H,2,10,17H2,1H3. The third-order valence-corrected chi connectivity index (χ3v) is 3.04. The first-order valence-electron chi connectivity index (χ1n) is 5.94. The van der Waals surface area contributed by atoms with E-state index in [0.29, 0.717) is 17.3 Å². The molecule has 0 unspecified atom stereocenters. The highest BCUT2D eigenvalue weighted by Gasteiger charge is 2.02. The smallest absolute Gasteiger partial charge is 0.120 e. The van der Waals surface area contributed by atoms with E-state index in [1.807, 2.05) is 24.3 Å². The molecular formula is C15H16ClNO. The highest BCUT2D eigenvalue weighted by Crippen LogP contribution is 2.21. The van der Waals surface area contributed by atoms with Crippen LogP contribution in [-0.4, -0.2) is 0 Å². The Hall–Kier alpha value is -1.67. The monoisotopic (exact) mass is 261 g/mol. The van der Waals surface area contributed by atoms with Gasteiger partial charge in [-0.2, -0.15) is 0 Å². The fourth-order valence-corrected chi connectivity index (χ4v) is 1.91. The van der Waals surface area contributed by atoms with Gasteiger partial charge >= 0.3 is 0 Å². The summed E-state index contributed by atoms with van der Waals surface area (Å²) < 4.78 is 5.73. The minimum Gasteiger partial charge on any atom is -0.489 e. The quantitative estimate of drug-likeness (QED) is 0.843. The molecule has 0 aromatic heterocycles. The van der Waals surface area contributed by atoms with Crippen molar-refractivity contribution in [2.45, 2.75) is 20.0 Å². The highest BCUT2D eigenvalue weighted by molar-refractivity contribution is 6.30. The highest BCUT2D eigenvalue weighted by atomic mass is 35.5. The molecule has 0 heterocycles. The lowest BCUT2D eigenvalue weighted by molar-refractivity contribution is 0.306. The summed E-state index contributed by atoms with van der Waals surface area (Å²) in [4.78, 5) is 0. The average molecular weight is 262 g/mol. The van der Waals surface area contributed by atoms with Gasteiger partial charge in [-0.25, -0.2) is 0 Å². The summed E-state index contributed by atoms with van der Waals surface area (Å²) in [6.07, 6.45) is 0.997. The molecule has 2 N–H and O–H groups in total. The SMILES string of the molecule is CCc1cccc(OCc2cc(Cl)ccc2N)c1. The van der Waals surface area contributed by atoms with Gasteiger partial charge in [-0.05, 0) is 42.3 Å². The lowest BCUT2D eigenvalue weighted by atomic mass is 10.1. The van der Waals surface area contributed by atoms with Crippen LogP contribution in [0.3, 0.4) is 0 Å². The number of benzene rings is 2. The van der Waals surface area contributed by atoms with E-state index in [-0.39, 0.29) is 0 Å². The van der Waals surface area contributed by atoms with Gasteiger partial charge in [0.15, 0.2) is 0 Å². The van der Waals surface area contributed by atoms with Crippen LogP contribution in [0.5, 0.6) is 5.75 Å². The van der Waals surface area contributed by atoms with Crippen molar-refractivity contribution in [2.24, 2.45) is 0 Å². The number of aryl methyl sites for hydroxylation is 1. The van der Waals surface area contributed by atoms with Crippen LogP contribution in [0.15, 0.2) is 42.5 Å². The topological polar surface area (TPSA) is 35.2 Å². The van der Waals surface area contributed by atoms with Gasteiger partial charge in [0.2, 0.25) is 0 Å². The van der Waals surface area contributed by atoms with Crippen molar-refractivity contribution >= 4 is 17.3 Å². The Balaban J connectivity index is 2.08. The molecule has 0 amide bonds. The van der Waals surface area contributed by atoms with Gasteiger partial charge in [-0.1, -0.05) is 30.7 Å². The van der Waals surface area contributed by atoms with Crippen LogP contribution < -0.4 is 10.5 Å². The zero-order chi connectivity index (χ0) is 13.0. The van der Waals surface area contributed by atoms with Crippen LogP contribution >= 0.6 is 11.6 Å². The normalized spacial score (nSPS) is 10.3. The molecule has 18 heavy (non-hydrogen) atoms. The summed E-state index contributed by atoms with van der Waals surface area (Å²) in [5.41, 5.74) is 8.73. The van der Waals surface area contributed by atoms with Gasteiger partial charge in [0, 0.05) is 16.3 Å². The fourth-order valence-electron chi connectivity index (χ4n) is 1.72. The number of anilines is 1. The zero-order valence-corrected chi connectivity index (χ0v) is 11.1. The maximum atomic E-state index is 5.94. The molecule has 0 fully saturated rings. The van der Waals surface area contributed by atoms with Gasteiger partial charge in [0.25, 0.3) is 0 Å². The Kier molecular flexibility index (Phi) is 4.11. The van der Waals surface area contributed by atoms with Gasteiger partial charge in [-0.15, -0.1) is 0 Å². The van der Waals surface area contributed by atoms with E-state index in [0.717, 1.165) is 17.7 Å². The summed E-state index contributed by atoms with van der Waals surface area (Å²) in [5.74, 6) is 0.855. The summed E-state index contributed by atoms with van der Waals surface area (Å²) in [6.45, 7) is 2.55. The summed E-state index contributed by atoms with van der Waals surface area (Å²) in [6, 6.07) is 13.5. The molecule has 0 saturated carbocycles. The maximum Gasteiger partial charge on any atom is 0.120 e. The second kappa shape index (κ2) is 5.78. The third kappa shape index (κ3) is 3.17. The molecule has 0 atom stereocenters. The van der Waals surface area contributed by atoms with Gasteiger partial charge in [-0.3, -0.25) is 0 Å². The Morgan fingerprint density at radius 1 is 1.17 bits per heavy atom. The molecule has 0 aliphatic rings. The zero-order valence-electron chi connectivity index (χ0n) is 10.3. The van der Waals surface area contributed by atoms with Crippen molar-refractivity contribution in [2.75, 3.05) is 5.73 Å². The number of nitrogens with two attached hydrogens (primary N) is 1. The van der Waals surface area contributed by atoms with Crippen molar-refractivity contribution in [1.29, 1.82) is 0 Å². The second-order valence-corrected chi connectivity index (χ2v) is 4.57. The minimum absolute atomic E-state index is 0.430. The van der Waals surface area contributed by atoms with Crippen molar-refractivity contribution in [3.05, 3.63) is 58.6 Å². The number of rotatable bonds is 4. The van der Waals surface area contributed by atoms with Crippen LogP contribution in [0.25, 0.3) is 0 Å². The fraction of sp³-hybridized carbons (Fsp3) is 0.200. The van der Waals surface area contributed by atoms with Crippen LogP contribution in [0.2, 0.25) is 5.02 Å². The minimum atomic E-state index is 0.430. The molecule has 0 spiro atoms. The third-order valence-electron chi connectivity index (χ3n) is 2.81. The van der Waals surface area contributed by atoms with E-state index in [9.17, 15) is 0 Å². The average Bonchev–Trinajstić information content (AvgIpc) is 2.40. The molecule has 2 aromatic rings. The molecule has 0 saturated heterocycles. The van der Waals surface area contributed by atoms with E-state index in [4.69, 9.17) is 22.1 Å². The number of nitrogen functional groups attached to an aromatic ring is 1. The first-order valence-corrected chi connectivity index (χ1v) is 6.32. The first kappa shape index (κ1) is 12.8. The molecule has 2 rings (SSSR count). The van der Waals surface area contributed by atoms with Crippen molar-refractivity contribution in [1.82, 2.24) is 0 Å². The number of ether oxygens (including phenoxy) is 1. The van der Waals surface area contributed by atoms with E-state index in [2.05, 4.69) is 13.0 Å². The summed E-state index contributed by atoms with van der Waals surface area (Å²) in [5, 5.41) is 0.671. The largest absolute Gasteiger partial charge is 0.489 e. The molecule has 3 heteroatoms. The molecule has 0 radical (unpaired) electrons. The Bertz CT molecular complexity index is 540. The van der Waals surface area contributed by atoms with E-state index >= 15 is 0 Å². The molecule has 94 valence electrons. The van der Waals surface area contributed by atoms with Gasteiger partial charge < -0.3 is 10.5 Å². The van der Waals surface area contributed by atoms with Gasteiger partial charge in [0.05, 0.1) is 0 Å². The molecule has 0 aliphatic heterocycles. The Morgan fingerprint density at radius 2 is 2.00 bits per heavy atom. The van der Waals surface area contributed by atoms with Crippen LogP contribution in [0.1, 0.15) is 18.1 Å². The number of halogens is 1. The van der Waals surface area contributed by atoms with Crippen LogP contribution in [0, 0.1) is 0 Å². The van der Waals surface area contributed by atoms with Crippen LogP contribution in [-0.2, 0) is 13.0 Å². The summed E-state index contributed by atoms with van der Waals surface area (Å²) in [7, 11) is 0. The Morgan fingerprint density at radius 3 is 2.78 bits per heavy atom. The molecule has 0 aliphatic carbocycles. The van der Waals surface area contributed by atoms with E-state index in [1.54, 1.807) is 12.1 Å². The van der Waals surface area contributed by atoms with E-state index < -0.39 is 0 Å². The molecule has 2 nitrogen and oxygen atoms in total. The van der Waals surface area contributed by atoms with E-state index in [1.165, 1.54) is 5.56 Å². The first-order chi connectivity index (χ1) is 8.69. The molecule has 0 bridgehead atoms. The van der Waals surface area contributed by atoms with Crippen molar-refractivity contribution in [3.63, 3.8) is 0 Å². The predicted molar refractivity (Wildman–Crippen MR) is 76.0 cm³/mol. The van der Waals surface area contributed by atoms with Gasteiger partial charge in [0.1, 0.15) is 12.4 Å². The lowest BCUT2D eigenvalue weighted by Gasteiger charge is -2.09. The predicted octanol–water partition coefficient (Wildman–Crippen LogP) is 4.06. The molecule has 2 aromatic carbocycles. The Labute approximate surface area is 112 Å². The number of hydrogen-bond donors (Lipinski definition) is 1. The van der Waals surface area contributed by atoms with Crippen LogP contribution in [0.4, 0.5) is 5.69 Å². The summed E-state index contributed by atoms with van der Waals surface area (Å²) >= 11 is 5.94. The van der Waals surface area contributed by atoms with Crippen molar-refractivity contribution < 1.29 is 4.74 Å².